The van der Waals surface area contributed by atoms with Gasteiger partial charge in [-0.3, -0.25) is 4.79 Å². The molecule has 104 valence electrons. The lowest BCUT2D eigenvalue weighted by molar-refractivity contribution is 0.101. The van der Waals surface area contributed by atoms with Crippen LogP contribution in [0.2, 0.25) is 0 Å². The Kier molecular flexibility index (Phi) is 3.26. The van der Waals surface area contributed by atoms with E-state index in [4.69, 9.17) is 4.52 Å². The van der Waals surface area contributed by atoms with E-state index in [9.17, 15) is 4.79 Å². The quantitative estimate of drug-likeness (QED) is 0.912. The molecule has 0 aliphatic heterocycles. The maximum absolute atomic E-state index is 12.3. The highest BCUT2D eigenvalue weighted by atomic mass is 16.5. The molecular formula is C15H17N3O2. The summed E-state index contributed by atoms with van der Waals surface area (Å²) in [6.07, 6.45) is 4.47. The van der Waals surface area contributed by atoms with Gasteiger partial charge in [0.1, 0.15) is 11.6 Å². The van der Waals surface area contributed by atoms with Gasteiger partial charge < -0.3 is 9.84 Å². The first-order valence-corrected chi connectivity index (χ1v) is 6.85. The zero-order valence-corrected chi connectivity index (χ0v) is 11.6. The van der Waals surface area contributed by atoms with Crippen LogP contribution in [0.3, 0.4) is 0 Å². The van der Waals surface area contributed by atoms with E-state index in [1.807, 2.05) is 19.1 Å². The number of anilines is 1. The number of rotatable bonds is 2. The van der Waals surface area contributed by atoms with Crippen LogP contribution in [0.15, 0.2) is 22.9 Å². The molecule has 0 fully saturated rings. The number of aryl methyl sites for hydroxylation is 2. The van der Waals surface area contributed by atoms with E-state index in [0.717, 1.165) is 36.1 Å². The van der Waals surface area contributed by atoms with Gasteiger partial charge in [0.15, 0.2) is 5.69 Å². The molecule has 5 nitrogen and oxygen atoms in total. The van der Waals surface area contributed by atoms with Gasteiger partial charge in [-0.25, -0.2) is 4.98 Å². The number of carbonyl (C=O) groups excluding carboxylic acids is 1. The lowest BCUT2D eigenvalue weighted by Gasteiger charge is -2.16. The number of amides is 1. The normalized spacial score (nSPS) is 17.6. The molecule has 1 aliphatic rings. The topological polar surface area (TPSA) is 68.0 Å². The average Bonchev–Trinajstić information content (AvgIpc) is 2.81. The van der Waals surface area contributed by atoms with E-state index in [2.05, 4.69) is 22.4 Å². The van der Waals surface area contributed by atoms with Gasteiger partial charge in [-0.2, -0.15) is 0 Å². The van der Waals surface area contributed by atoms with E-state index in [-0.39, 0.29) is 5.91 Å². The first-order chi connectivity index (χ1) is 9.63. The average molecular weight is 271 g/mol. The van der Waals surface area contributed by atoms with E-state index in [1.165, 1.54) is 0 Å². The van der Waals surface area contributed by atoms with Crippen molar-refractivity contribution in [1.29, 1.82) is 0 Å². The van der Waals surface area contributed by atoms with Crippen LogP contribution in [-0.4, -0.2) is 16.0 Å². The molecule has 3 rings (SSSR count). The number of pyridine rings is 1. The smallest absolute Gasteiger partial charge is 0.279 e. The highest BCUT2D eigenvalue weighted by molar-refractivity contribution is 6.03. The van der Waals surface area contributed by atoms with Gasteiger partial charge >= 0.3 is 0 Å². The zero-order chi connectivity index (χ0) is 14.1. The Morgan fingerprint density at radius 3 is 3.15 bits per heavy atom. The molecule has 1 atom stereocenters. The molecule has 2 aromatic rings. The standard InChI is InChI=1S/C15H17N3O2/c1-9-3-4-12-11(7-9)14(18-20-12)15(19)17-13-8-10(2)5-6-16-13/h5-6,8-9H,3-4,7H2,1-2H3,(H,16,17,19). The van der Waals surface area contributed by atoms with Crippen LogP contribution in [0, 0.1) is 12.8 Å². The summed E-state index contributed by atoms with van der Waals surface area (Å²) >= 11 is 0. The summed E-state index contributed by atoms with van der Waals surface area (Å²) in [7, 11) is 0. The van der Waals surface area contributed by atoms with E-state index < -0.39 is 0 Å². The molecule has 1 unspecified atom stereocenters. The van der Waals surface area contributed by atoms with Crippen molar-refractivity contribution in [2.75, 3.05) is 5.32 Å². The number of fused-ring (bicyclic) bond motifs is 1. The summed E-state index contributed by atoms with van der Waals surface area (Å²) in [5, 5.41) is 6.71. The van der Waals surface area contributed by atoms with Gasteiger partial charge in [-0.05, 0) is 43.4 Å². The largest absolute Gasteiger partial charge is 0.360 e. The fraction of sp³-hybridized carbons (Fsp3) is 0.400. The first-order valence-electron chi connectivity index (χ1n) is 6.85. The monoisotopic (exact) mass is 271 g/mol. The summed E-state index contributed by atoms with van der Waals surface area (Å²) in [6, 6.07) is 3.71. The SMILES string of the molecule is Cc1ccnc(NC(=O)c2noc3c2CC(C)CC3)c1. The van der Waals surface area contributed by atoms with E-state index in [1.54, 1.807) is 6.20 Å². The van der Waals surface area contributed by atoms with Crippen LogP contribution in [0.1, 0.15) is 40.7 Å². The molecule has 1 N–H and O–H groups in total. The van der Waals surface area contributed by atoms with E-state index in [0.29, 0.717) is 17.4 Å². The summed E-state index contributed by atoms with van der Waals surface area (Å²) in [6.45, 7) is 4.14. The predicted octanol–water partition coefficient (Wildman–Crippen LogP) is 2.76. The van der Waals surface area contributed by atoms with Crippen molar-refractivity contribution in [2.45, 2.75) is 33.1 Å². The van der Waals surface area contributed by atoms with Crippen LogP contribution in [0.4, 0.5) is 5.82 Å². The number of nitrogens with one attached hydrogen (secondary N) is 1. The minimum atomic E-state index is -0.248. The van der Waals surface area contributed by atoms with Gasteiger partial charge in [0.05, 0.1) is 0 Å². The molecule has 0 bridgehead atoms. The molecule has 20 heavy (non-hydrogen) atoms. The molecule has 0 saturated carbocycles. The van der Waals surface area contributed by atoms with Crippen molar-refractivity contribution in [2.24, 2.45) is 5.92 Å². The zero-order valence-electron chi connectivity index (χ0n) is 11.6. The van der Waals surface area contributed by atoms with Crippen molar-refractivity contribution in [1.82, 2.24) is 10.1 Å². The van der Waals surface area contributed by atoms with Gasteiger partial charge in [0.2, 0.25) is 0 Å². The van der Waals surface area contributed by atoms with Crippen molar-refractivity contribution in [3.8, 4) is 0 Å². The number of hydrogen-bond donors (Lipinski definition) is 1. The van der Waals surface area contributed by atoms with E-state index >= 15 is 0 Å². The fourth-order valence-electron chi connectivity index (χ4n) is 2.54. The Hall–Kier alpha value is -2.17. The third-order valence-electron chi connectivity index (χ3n) is 3.66. The van der Waals surface area contributed by atoms with Crippen molar-refractivity contribution in [3.63, 3.8) is 0 Å². The molecule has 0 saturated heterocycles. The van der Waals surface area contributed by atoms with Crippen molar-refractivity contribution in [3.05, 3.63) is 40.9 Å². The predicted molar refractivity (Wildman–Crippen MR) is 74.6 cm³/mol. The second-order valence-corrected chi connectivity index (χ2v) is 5.45. The molecule has 0 spiro atoms. The number of carbonyl (C=O) groups is 1. The Morgan fingerprint density at radius 2 is 2.35 bits per heavy atom. The Bertz CT molecular complexity index is 648. The van der Waals surface area contributed by atoms with Crippen LogP contribution < -0.4 is 5.32 Å². The third-order valence-corrected chi connectivity index (χ3v) is 3.66. The Labute approximate surface area is 117 Å². The third kappa shape index (κ3) is 2.43. The summed E-state index contributed by atoms with van der Waals surface area (Å²) in [5.74, 6) is 1.70. The molecule has 1 aliphatic carbocycles. The summed E-state index contributed by atoms with van der Waals surface area (Å²) in [5.41, 5.74) is 2.40. The highest BCUT2D eigenvalue weighted by Gasteiger charge is 2.27. The van der Waals surface area contributed by atoms with Crippen LogP contribution in [0.25, 0.3) is 0 Å². The van der Waals surface area contributed by atoms with Crippen molar-refractivity contribution < 1.29 is 9.32 Å². The number of hydrogen-bond acceptors (Lipinski definition) is 4. The molecule has 0 aromatic carbocycles. The minimum Gasteiger partial charge on any atom is -0.360 e. The second-order valence-electron chi connectivity index (χ2n) is 5.45. The molecule has 0 radical (unpaired) electrons. The van der Waals surface area contributed by atoms with Gasteiger partial charge in [0.25, 0.3) is 5.91 Å². The molecule has 2 heterocycles. The lowest BCUT2D eigenvalue weighted by atomic mass is 9.88. The minimum absolute atomic E-state index is 0.248. The molecule has 1 amide bonds. The van der Waals surface area contributed by atoms with Crippen LogP contribution in [-0.2, 0) is 12.8 Å². The van der Waals surface area contributed by atoms with Gasteiger partial charge in [-0.15, -0.1) is 0 Å². The fourth-order valence-corrected chi connectivity index (χ4v) is 2.54. The first kappa shape index (κ1) is 12.8. The maximum atomic E-state index is 12.3. The van der Waals surface area contributed by atoms with Crippen LogP contribution >= 0.6 is 0 Å². The molecule has 2 aromatic heterocycles. The van der Waals surface area contributed by atoms with Gasteiger partial charge in [0, 0.05) is 18.2 Å². The van der Waals surface area contributed by atoms with Crippen LogP contribution in [0.5, 0.6) is 0 Å². The second kappa shape index (κ2) is 5.07. The van der Waals surface area contributed by atoms with Crippen molar-refractivity contribution >= 4 is 11.7 Å². The number of nitrogens with zero attached hydrogens (tertiary/aromatic N) is 2. The lowest BCUT2D eigenvalue weighted by Crippen LogP contribution is -2.18. The maximum Gasteiger partial charge on any atom is 0.279 e. The summed E-state index contributed by atoms with van der Waals surface area (Å²) < 4.78 is 5.29. The molecular weight excluding hydrogens is 254 g/mol. The Balaban J connectivity index is 1.83. The van der Waals surface area contributed by atoms with Gasteiger partial charge in [-0.1, -0.05) is 12.1 Å². The number of aromatic nitrogens is 2. The Morgan fingerprint density at radius 1 is 1.50 bits per heavy atom. The summed E-state index contributed by atoms with van der Waals surface area (Å²) in [4.78, 5) is 16.4. The molecule has 5 heteroatoms. The highest BCUT2D eigenvalue weighted by Crippen LogP contribution is 2.28.